The molecule has 19 heavy (non-hydrogen) atoms. The molecular weight excluding hydrogens is 232 g/mol. The Balaban J connectivity index is 2.15. The summed E-state index contributed by atoms with van der Waals surface area (Å²) in [6, 6.07) is 17.2. The molecule has 0 saturated carbocycles. The lowest BCUT2D eigenvalue weighted by atomic mass is 10.0. The fourth-order valence-electron chi connectivity index (χ4n) is 2.13. The molecule has 0 heterocycles. The van der Waals surface area contributed by atoms with Gasteiger partial charge >= 0.3 is 0 Å². The Labute approximate surface area is 115 Å². The number of aliphatic hydroxyl groups is 1. The van der Waals surface area contributed by atoms with E-state index in [-0.39, 0.29) is 6.61 Å². The Morgan fingerprint density at radius 1 is 0.895 bits per heavy atom. The van der Waals surface area contributed by atoms with Gasteiger partial charge in [0.25, 0.3) is 0 Å². The zero-order chi connectivity index (χ0) is 13.5. The lowest BCUT2D eigenvalue weighted by Gasteiger charge is -2.04. The van der Waals surface area contributed by atoms with E-state index in [0.29, 0.717) is 0 Å². The molecule has 0 aliphatic heterocycles. The van der Waals surface area contributed by atoms with Gasteiger partial charge in [0, 0.05) is 0 Å². The van der Waals surface area contributed by atoms with Crippen LogP contribution < -0.4 is 0 Å². The average molecular weight is 252 g/mol. The number of aryl methyl sites for hydroxylation is 1. The third kappa shape index (κ3) is 3.80. The standard InChI is InChI=1S/C18H20O/c1-2-4-15-6-10-17(11-7-15)18-12-8-16(9-13-18)5-3-14-19/h3,5-13,19H,2,4,14H2,1H3. The monoisotopic (exact) mass is 252 g/mol. The van der Waals surface area contributed by atoms with E-state index in [0.717, 1.165) is 12.0 Å². The zero-order valence-electron chi connectivity index (χ0n) is 11.3. The van der Waals surface area contributed by atoms with Crippen molar-refractivity contribution in [1.82, 2.24) is 0 Å². The second kappa shape index (κ2) is 6.91. The van der Waals surface area contributed by atoms with Gasteiger partial charge in [-0.05, 0) is 28.7 Å². The largest absolute Gasteiger partial charge is 0.392 e. The molecular formula is C18H20O. The van der Waals surface area contributed by atoms with E-state index in [4.69, 9.17) is 5.11 Å². The molecule has 0 fully saturated rings. The van der Waals surface area contributed by atoms with Crippen molar-refractivity contribution < 1.29 is 5.11 Å². The van der Waals surface area contributed by atoms with Crippen LogP contribution in [0.3, 0.4) is 0 Å². The highest BCUT2D eigenvalue weighted by Crippen LogP contribution is 2.21. The molecule has 0 aromatic heterocycles. The predicted molar refractivity (Wildman–Crippen MR) is 82.0 cm³/mol. The van der Waals surface area contributed by atoms with Crippen LogP contribution in [-0.4, -0.2) is 11.7 Å². The maximum Gasteiger partial charge on any atom is 0.0615 e. The van der Waals surface area contributed by atoms with E-state index in [1.54, 1.807) is 6.08 Å². The van der Waals surface area contributed by atoms with E-state index < -0.39 is 0 Å². The van der Waals surface area contributed by atoms with Crippen LogP contribution in [0.25, 0.3) is 17.2 Å². The molecule has 0 radical (unpaired) electrons. The molecule has 0 atom stereocenters. The number of rotatable bonds is 5. The van der Waals surface area contributed by atoms with Crippen molar-refractivity contribution >= 4 is 6.08 Å². The molecule has 1 nitrogen and oxygen atoms in total. The number of benzene rings is 2. The van der Waals surface area contributed by atoms with E-state index in [1.165, 1.54) is 23.1 Å². The van der Waals surface area contributed by atoms with Crippen molar-refractivity contribution in [3.63, 3.8) is 0 Å². The molecule has 1 N–H and O–H groups in total. The molecule has 1 heteroatoms. The summed E-state index contributed by atoms with van der Waals surface area (Å²) in [5.41, 5.74) is 4.98. The maximum absolute atomic E-state index is 8.74. The summed E-state index contributed by atoms with van der Waals surface area (Å²) in [5.74, 6) is 0. The van der Waals surface area contributed by atoms with Gasteiger partial charge in [0.2, 0.25) is 0 Å². The second-order valence-electron chi connectivity index (χ2n) is 4.65. The Bertz CT molecular complexity index is 521. The third-order valence-electron chi connectivity index (χ3n) is 3.15. The van der Waals surface area contributed by atoms with Gasteiger partial charge in [-0.3, -0.25) is 0 Å². The number of aliphatic hydroxyl groups excluding tert-OH is 1. The first kappa shape index (κ1) is 13.6. The minimum atomic E-state index is 0.0840. The van der Waals surface area contributed by atoms with Crippen LogP contribution in [0.2, 0.25) is 0 Å². The topological polar surface area (TPSA) is 20.2 Å². The first-order valence-electron chi connectivity index (χ1n) is 6.80. The van der Waals surface area contributed by atoms with Crippen LogP contribution in [0.15, 0.2) is 54.6 Å². The lowest BCUT2D eigenvalue weighted by Crippen LogP contribution is -1.84. The summed E-state index contributed by atoms with van der Waals surface area (Å²) in [6.07, 6.45) is 6.00. The molecule has 0 amide bonds. The number of hydrogen-bond donors (Lipinski definition) is 1. The molecule has 2 aromatic carbocycles. The molecule has 0 bridgehead atoms. The fraction of sp³-hybridized carbons (Fsp3) is 0.222. The molecule has 0 saturated heterocycles. The van der Waals surface area contributed by atoms with Crippen molar-refractivity contribution in [3.05, 3.63) is 65.7 Å². The summed E-state index contributed by atoms with van der Waals surface area (Å²) in [6.45, 7) is 2.28. The van der Waals surface area contributed by atoms with Crippen molar-refractivity contribution in [1.29, 1.82) is 0 Å². The summed E-state index contributed by atoms with van der Waals surface area (Å²) >= 11 is 0. The molecule has 0 unspecified atom stereocenters. The van der Waals surface area contributed by atoms with Crippen LogP contribution in [0.4, 0.5) is 0 Å². The highest BCUT2D eigenvalue weighted by molar-refractivity contribution is 5.65. The number of hydrogen-bond acceptors (Lipinski definition) is 1. The van der Waals surface area contributed by atoms with Crippen molar-refractivity contribution in [2.75, 3.05) is 6.61 Å². The Morgan fingerprint density at radius 3 is 2.00 bits per heavy atom. The van der Waals surface area contributed by atoms with Gasteiger partial charge in [-0.15, -0.1) is 0 Å². The van der Waals surface area contributed by atoms with Gasteiger partial charge in [0.1, 0.15) is 0 Å². The normalized spacial score (nSPS) is 11.1. The van der Waals surface area contributed by atoms with E-state index in [1.807, 2.05) is 6.08 Å². The molecule has 0 aliphatic carbocycles. The minimum Gasteiger partial charge on any atom is -0.392 e. The van der Waals surface area contributed by atoms with Gasteiger partial charge in [-0.1, -0.05) is 74.0 Å². The van der Waals surface area contributed by atoms with Crippen LogP contribution in [0, 0.1) is 0 Å². The van der Waals surface area contributed by atoms with E-state index in [2.05, 4.69) is 55.5 Å². The van der Waals surface area contributed by atoms with Crippen molar-refractivity contribution in [3.8, 4) is 11.1 Å². The summed E-state index contributed by atoms with van der Waals surface area (Å²) in [7, 11) is 0. The van der Waals surface area contributed by atoms with Crippen molar-refractivity contribution in [2.45, 2.75) is 19.8 Å². The second-order valence-corrected chi connectivity index (χ2v) is 4.65. The summed E-state index contributed by atoms with van der Waals surface area (Å²) < 4.78 is 0. The van der Waals surface area contributed by atoms with Crippen molar-refractivity contribution in [2.24, 2.45) is 0 Å². The summed E-state index contributed by atoms with van der Waals surface area (Å²) in [5, 5.41) is 8.74. The van der Waals surface area contributed by atoms with Gasteiger partial charge < -0.3 is 5.11 Å². The smallest absolute Gasteiger partial charge is 0.0615 e. The maximum atomic E-state index is 8.74. The molecule has 98 valence electrons. The summed E-state index contributed by atoms with van der Waals surface area (Å²) in [4.78, 5) is 0. The van der Waals surface area contributed by atoms with Crippen LogP contribution in [0.5, 0.6) is 0 Å². The van der Waals surface area contributed by atoms with Crippen LogP contribution in [-0.2, 0) is 6.42 Å². The quantitative estimate of drug-likeness (QED) is 0.840. The molecule has 2 aromatic rings. The predicted octanol–water partition coefficient (Wildman–Crippen LogP) is 4.31. The SMILES string of the molecule is CCCc1ccc(-c2ccc(C=CCO)cc2)cc1. The average Bonchev–Trinajstić information content (AvgIpc) is 2.47. The van der Waals surface area contributed by atoms with E-state index in [9.17, 15) is 0 Å². The molecule has 0 aliphatic rings. The van der Waals surface area contributed by atoms with Gasteiger partial charge in [0.05, 0.1) is 6.61 Å². The Hall–Kier alpha value is -1.86. The van der Waals surface area contributed by atoms with Gasteiger partial charge in [-0.25, -0.2) is 0 Å². The molecule has 2 rings (SSSR count). The fourth-order valence-corrected chi connectivity index (χ4v) is 2.13. The van der Waals surface area contributed by atoms with Crippen LogP contribution >= 0.6 is 0 Å². The first-order chi connectivity index (χ1) is 9.33. The zero-order valence-corrected chi connectivity index (χ0v) is 11.3. The van der Waals surface area contributed by atoms with Gasteiger partial charge in [0.15, 0.2) is 0 Å². The highest BCUT2D eigenvalue weighted by Gasteiger charge is 1.98. The Kier molecular flexibility index (Phi) is 4.93. The van der Waals surface area contributed by atoms with Crippen LogP contribution in [0.1, 0.15) is 24.5 Å². The Morgan fingerprint density at radius 2 is 1.47 bits per heavy atom. The lowest BCUT2D eigenvalue weighted by molar-refractivity contribution is 0.343. The van der Waals surface area contributed by atoms with E-state index >= 15 is 0 Å². The molecule has 0 spiro atoms. The third-order valence-corrected chi connectivity index (χ3v) is 3.15. The van der Waals surface area contributed by atoms with Gasteiger partial charge in [-0.2, -0.15) is 0 Å². The first-order valence-corrected chi connectivity index (χ1v) is 6.80. The minimum absolute atomic E-state index is 0.0840. The highest BCUT2D eigenvalue weighted by atomic mass is 16.2.